The average Bonchev–Trinajstić information content (AvgIpc) is 2.89. The second-order valence-electron chi connectivity index (χ2n) is 4.21. The number of anilines is 1. The molecular formula is C13H16ClN3S. The Morgan fingerprint density at radius 3 is 2.72 bits per heavy atom. The molecular weight excluding hydrogens is 266 g/mol. The molecule has 1 atom stereocenters. The average molecular weight is 282 g/mol. The molecule has 0 amide bonds. The Bertz CT molecular complexity index is 525. The number of thiophene rings is 1. The number of hydrogen-bond donors (Lipinski definition) is 1. The molecule has 2 rings (SSSR count). The van der Waals surface area contributed by atoms with Crippen LogP contribution in [0, 0.1) is 13.8 Å². The first-order valence-corrected chi connectivity index (χ1v) is 7.18. The lowest BCUT2D eigenvalue weighted by Gasteiger charge is -2.18. The standard InChI is InChI=1S/C13H16ClN3S/c1-4-10(11-6-5-7-18-11)15-13-9(3)8(2)12(14)16-17-13/h5-7,10H,4H2,1-3H3,(H,15,17). The highest BCUT2D eigenvalue weighted by Gasteiger charge is 2.14. The SMILES string of the molecule is CCC(Nc1nnc(Cl)c(C)c1C)c1cccs1. The van der Waals surface area contributed by atoms with Crippen LogP contribution in [0.1, 0.15) is 35.4 Å². The van der Waals surface area contributed by atoms with E-state index in [4.69, 9.17) is 11.6 Å². The molecule has 0 saturated carbocycles. The minimum atomic E-state index is 0.276. The van der Waals surface area contributed by atoms with Crippen molar-refractivity contribution in [1.29, 1.82) is 0 Å². The van der Waals surface area contributed by atoms with Gasteiger partial charge in [0, 0.05) is 4.88 Å². The molecule has 2 aromatic rings. The highest BCUT2D eigenvalue weighted by Crippen LogP contribution is 2.28. The van der Waals surface area contributed by atoms with Gasteiger partial charge in [-0.05, 0) is 42.8 Å². The lowest BCUT2D eigenvalue weighted by Crippen LogP contribution is -2.12. The molecule has 0 saturated heterocycles. The molecule has 96 valence electrons. The van der Waals surface area contributed by atoms with Crippen LogP contribution in [0.2, 0.25) is 5.15 Å². The molecule has 2 aromatic heterocycles. The number of hydrogen-bond acceptors (Lipinski definition) is 4. The largest absolute Gasteiger partial charge is 0.361 e. The van der Waals surface area contributed by atoms with Gasteiger partial charge in [0.15, 0.2) is 11.0 Å². The van der Waals surface area contributed by atoms with Crippen molar-refractivity contribution >= 4 is 28.8 Å². The quantitative estimate of drug-likeness (QED) is 0.904. The van der Waals surface area contributed by atoms with E-state index in [-0.39, 0.29) is 6.04 Å². The molecule has 3 nitrogen and oxygen atoms in total. The maximum atomic E-state index is 5.96. The molecule has 0 bridgehead atoms. The van der Waals surface area contributed by atoms with Crippen molar-refractivity contribution in [2.24, 2.45) is 0 Å². The number of nitrogens with zero attached hydrogens (tertiary/aromatic N) is 2. The van der Waals surface area contributed by atoms with Gasteiger partial charge in [0.1, 0.15) is 0 Å². The fraction of sp³-hybridized carbons (Fsp3) is 0.385. The molecule has 0 spiro atoms. The van der Waals surface area contributed by atoms with E-state index >= 15 is 0 Å². The zero-order chi connectivity index (χ0) is 13.1. The van der Waals surface area contributed by atoms with Crippen LogP contribution in [-0.2, 0) is 0 Å². The van der Waals surface area contributed by atoms with E-state index in [0.717, 1.165) is 23.4 Å². The molecule has 1 unspecified atom stereocenters. The first-order valence-electron chi connectivity index (χ1n) is 5.92. The Balaban J connectivity index is 2.26. The maximum absolute atomic E-state index is 5.96. The molecule has 0 aliphatic heterocycles. The van der Waals surface area contributed by atoms with Crippen LogP contribution in [0.25, 0.3) is 0 Å². The Hall–Kier alpha value is -1.13. The van der Waals surface area contributed by atoms with Crippen molar-refractivity contribution in [2.75, 3.05) is 5.32 Å². The monoisotopic (exact) mass is 281 g/mol. The summed E-state index contributed by atoms with van der Waals surface area (Å²) in [6, 6.07) is 4.48. The summed E-state index contributed by atoms with van der Waals surface area (Å²) in [5, 5.41) is 14.1. The van der Waals surface area contributed by atoms with Gasteiger partial charge in [-0.15, -0.1) is 21.5 Å². The highest BCUT2D eigenvalue weighted by atomic mass is 35.5. The second kappa shape index (κ2) is 5.67. The molecule has 0 aromatic carbocycles. The van der Waals surface area contributed by atoms with Gasteiger partial charge in [0.2, 0.25) is 0 Å². The van der Waals surface area contributed by atoms with Crippen molar-refractivity contribution in [1.82, 2.24) is 10.2 Å². The predicted octanol–water partition coefficient (Wildman–Crippen LogP) is 4.37. The van der Waals surface area contributed by atoms with Crippen LogP contribution in [0.15, 0.2) is 17.5 Å². The summed E-state index contributed by atoms with van der Waals surface area (Å²) in [5.41, 5.74) is 2.04. The smallest absolute Gasteiger partial charge is 0.155 e. The summed E-state index contributed by atoms with van der Waals surface area (Å²) >= 11 is 7.71. The van der Waals surface area contributed by atoms with Crippen LogP contribution in [-0.4, -0.2) is 10.2 Å². The van der Waals surface area contributed by atoms with Crippen LogP contribution in [0.5, 0.6) is 0 Å². The normalized spacial score (nSPS) is 12.4. The van der Waals surface area contributed by atoms with Gasteiger partial charge in [-0.3, -0.25) is 0 Å². The van der Waals surface area contributed by atoms with Gasteiger partial charge in [0.05, 0.1) is 6.04 Å². The molecule has 2 heterocycles. The zero-order valence-corrected chi connectivity index (χ0v) is 12.3. The summed E-state index contributed by atoms with van der Waals surface area (Å²) in [6.45, 7) is 6.13. The van der Waals surface area contributed by atoms with E-state index in [1.807, 2.05) is 13.8 Å². The van der Waals surface area contributed by atoms with Crippen molar-refractivity contribution < 1.29 is 0 Å². The Morgan fingerprint density at radius 2 is 2.11 bits per heavy atom. The minimum Gasteiger partial charge on any atom is -0.361 e. The summed E-state index contributed by atoms with van der Waals surface area (Å²) in [4.78, 5) is 1.31. The van der Waals surface area contributed by atoms with Crippen LogP contribution in [0.3, 0.4) is 0 Å². The molecule has 0 aliphatic carbocycles. The molecule has 1 N–H and O–H groups in total. The molecule has 0 radical (unpaired) electrons. The zero-order valence-electron chi connectivity index (χ0n) is 10.7. The molecule has 0 fully saturated rings. The fourth-order valence-electron chi connectivity index (χ4n) is 1.74. The summed E-state index contributed by atoms with van der Waals surface area (Å²) in [5.74, 6) is 0.817. The lowest BCUT2D eigenvalue weighted by atomic mass is 10.1. The maximum Gasteiger partial charge on any atom is 0.155 e. The third kappa shape index (κ3) is 2.65. The van der Waals surface area contributed by atoms with Gasteiger partial charge in [-0.25, -0.2) is 0 Å². The first kappa shape index (κ1) is 13.3. The molecule has 18 heavy (non-hydrogen) atoms. The third-order valence-corrected chi connectivity index (χ3v) is 4.42. The number of halogens is 1. The molecule has 0 aliphatic rings. The van der Waals surface area contributed by atoms with Gasteiger partial charge < -0.3 is 5.32 Å². The van der Waals surface area contributed by atoms with Crippen LogP contribution >= 0.6 is 22.9 Å². The van der Waals surface area contributed by atoms with Crippen LogP contribution in [0.4, 0.5) is 5.82 Å². The van der Waals surface area contributed by atoms with E-state index in [1.54, 1.807) is 11.3 Å². The minimum absolute atomic E-state index is 0.276. The van der Waals surface area contributed by atoms with Crippen LogP contribution < -0.4 is 5.32 Å². The van der Waals surface area contributed by atoms with Gasteiger partial charge in [-0.2, -0.15) is 0 Å². The molecule has 5 heteroatoms. The van der Waals surface area contributed by atoms with Gasteiger partial charge in [0.25, 0.3) is 0 Å². The highest BCUT2D eigenvalue weighted by molar-refractivity contribution is 7.10. The van der Waals surface area contributed by atoms with Crippen molar-refractivity contribution in [3.63, 3.8) is 0 Å². The van der Waals surface area contributed by atoms with E-state index in [1.165, 1.54) is 4.88 Å². The summed E-state index contributed by atoms with van der Waals surface area (Å²) in [6.07, 6.45) is 1.00. The predicted molar refractivity (Wildman–Crippen MR) is 77.5 cm³/mol. The Morgan fingerprint density at radius 1 is 1.33 bits per heavy atom. The van der Waals surface area contributed by atoms with E-state index in [0.29, 0.717) is 5.15 Å². The summed E-state index contributed by atoms with van der Waals surface area (Å²) < 4.78 is 0. The Labute approximate surface area is 116 Å². The van der Waals surface area contributed by atoms with E-state index in [2.05, 4.69) is 40.0 Å². The first-order chi connectivity index (χ1) is 8.63. The van der Waals surface area contributed by atoms with Crippen molar-refractivity contribution in [2.45, 2.75) is 33.2 Å². The van der Waals surface area contributed by atoms with E-state index in [9.17, 15) is 0 Å². The van der Waals surface area contributed by atoms with E-state index < -0.39 is 0 Å². The topological polar surface area (TPSA) is 37.8 Å². The number of aromatic nitrogens is 2. The number of nitrogens with one attached hydrogen (secondary N) is 1. The summed E-state index contributed by atoms with van der Waals surface area (Å²) in [7, 11) is 0. The van der Waals surface area contributed by atoms with Crippen molar-refractivity contribution in [3.05, 3.63) is 38.7 Å². The lowest BCUT2D eigenvalue weighted by molar-refractivity contribution is 0.751. The van der Waals surface area contributed by atoms with Gasteiger partial charge in [-0.1, -0.05) is 24.6 Å². The van der Waals surface area contributed by atoms with Crippen molar-refractivity contribution in [3.8, 4) is 0 Å². The fourth-order valence-corrected chi connectivity index (χ4v) is 2.78. The number of rotatable bonds is 4. The van der Waals surface area contributed by atoms with Gasteiger partial charge >= 0.3 is 0 Å². The third-order valence-electron chi connectivity index (χ3n) is 3.07. The second-order valence-corrected chi connectivity index (χ2v) is 5.55. The Kier molecular flexibility index (Phi) is 4.19.